The number of halogens is 1. The molecule has 1 aromatic heterocycles. The zero-order valence-corrected chi connectivity index (χ0v) is 13.2. The average molecular weight is 319 g/mol. The number of hydrogen-bond acceptors (Lipinski definition) is 4. The summed E-state index contributed by atoms with van der Waals surface area (Å²) in [6, 6.07) is 1.54. The summed E-state index contributed by atoms with van der Waals surface area (Å²) in [5.74, 6) is -0.0140. The molecule has 2 heterocycles. The van der Waals surface area contributed by atoms with E-state index >= 15 is 0 Å². The van der Waals surface area contributed by atoms with E-state index in [9.17, 15) is 13.5 Å². The number of pyridine rings is 1. The fourth-order valence-corrected chi connectivity index (χ4v) is 4.08. The zero-order valence-electron chi connectivity index (χ0n) is 11.6. The smallest absolute Gasteiger partial charge is 0.244 e. The Bertz CT molecular complexity index is 589. The van der Waals surface area contributed by atoms with Crippen LogP contribution in [-0.4, -0.2) is 42.0 Å². The van der Waals surface area contributed by atoms with Gasteiger partial charge in [0, 0.05) is 19.3 Å². The monoisotopic (exact) mass is 318 g/mol. The van der Waals surface area contributed by atoms with Crippen LogP contribution in [0.2, 0.25) is 5.15 Å². The molecular formula is C13H19ClN2O3S. The SMILES string of the molecule is Cc1cc(S(=O)(=O)N2CCCC(C(C)O)C2)cnc1Cl. The number of aryl methyl sites for hydroxylation is 1. The summed E-state index contributed by atoms with van der Waals surface area (Å²) in [5.41, 5.74) is 0.636. The van der Waals surface area contributed by atoms with Crippen LogP contribution < -0.4 is 0 Å². The number of hydrogen-bond donors (Lipinski definition) is 1. The third-order valence-corrected chi connectivity index (χ3v) is 5.96. The summed E-state index contributed by atoms with van der Waals surface area (Å²) in [5, 5.41) is 9.97. The minimum atomic E-state index is -3.57. The number of aliphatic hydroxyl groups excluding tert-OH is 1. The first kappa shape index (κ1) is 15.7. The minimum absolute atomic E-state index is 0.0140. The minimum Gasteiger partial charge on any atom is -0.393 e. The molecule has 1 aliphatic rings. The molecule has 0 saturated carbocycles. The summed E-state index contributed by atoms with van der Waals surface area (Å²) >= 11 is 5.83. The highest BCUT2D eigenvalue weighted by molar-refractivity contribution is 7.89. The lowest BCUT2D eigenvalue weighted by Gasteiger charge is -2.33. The zero-order chi connectivity index (χ0) is 14.9. The number of nitrogens with zero attached hydrogens (tertiary/aromatic N) is 2. The van der Waals surface area contributed by atoms with Crippen molar-refractivity contribution < 1.29 is 13.5 Å². The predicted molar refractivity (Wildman–Crippen MR) is 77.1 cm³/mol. The molecule has 0 radical (unpaired) electrons. The summed E-state index contributed by atoms with van der Waals surface area (Å²) in [6.07, 6.45) is 2.39. The molecule has 0 bridgehead atoms. The molecule has 0 spiro atoms. The van der Waals surface area contributed by atoms with Gasteiger partial charge in [-0.05, 0) is 44.2 Å². The second-order valence-electron chi connectivity index (χ2n) is 5.28. The molecule has 2 rings (SSSR count). The molecule has 7 heteroatoms. The fourth-order valence-electron chi connectivity index (χ4n) is 2.41. The lowest BCUT2D eigenvalue weighted by atomic mass is 9.95. The lowest BCUT2D eigenvalue weighted by Crippen LogP contribution is -2.42. The van der Waals surface area contributed by atoms with Gasteiger partial charge in [0.1, 0.15) is 10.0 Å². The van der Waals surface area contributed by atoms with Crippen LogP contribution in [0.3, 0.4) is 0 Å². The Labute approximate surface area is 124 Å². The molecule has 5 nitrogen and oxygen atoms in total. The van der Waals surface area contributed by atoms with Crippen molar-refractivity contribution in [2.75, 3.05) is 13.1 Å². The number of aromatic nitrogens is 1. The maximum atomic E-state index is 12.6. The van der Waals surface area contributed by atoms with Crippen molar-refractivity contribution in [1.82, 2.24) is 9.29 Å². The number of aliphatic hydroxyl groups is 1. The van der Waals surface area contributed by atoms with Gasteiger partial charge in [0.25, 0.3) is 0 Å². The van der Waals surface area contributed by atoms with Crippen LogP contribution >= 0.6 is 11.6 Å². The maximum Gasteiger partial charge on any atom is 0.244 e. The highest BCUT2D eigenvalue weighted by Gasteiger charge is 2.32. The van der Waals surface area contributed by atoms with Crippen LogP contribution in [0.5, 0.6) is 0 Å². The molecular weight excluding hydrogens is 300 g/mol. The second-order valence-corrected chi connectivity index (χ2v) is 7.58. The second kappa shape index (κ2) is 5.97. The van der Waals surface area contributed by atoms with E-state index in [4.69, 9.17) is 11.6 Å². The third-order valence-electron chi connectivity index (χ3n) is 3.73. The van der Waals surface area contributed by atoms with Crippen LogP contribution in [0.4, 0.5) is 0 Å². The Morgan fingerprint density at radius 2 is 2.25 bits per heavy atom. The van der Waals surface area contributed by atoms with Crippen molar-refractivity contribution in [1.29, 1.82) is 0 Å². The standard InChI is InChI=1S/C13H19ClN2O3S/c1-9-6-12(7-15-13(9)14)20(18,19)16-5-3-4-11(8-16)10(2)17/h6-7,10-11,17H,3-5,8H2,1-2H3. The van der Waals surface area contributed by atoms with Gasteiger partial charge in [0.2, 0.25) is 10.0 Å². The first-order valence-electron chi connectivity index (χ1n) is 6.62. The van der Waals surface area contributed by atoms with E-state index in [2.05, 4.69) is 4.98 Å². The van der Waals surface area contributed by atoms with Gasteiger partial charge in [-0.2, -0.15) is 4.31 Å². The van der Waals surface area contributed by atoms with Gasteiger partial charge in [0.15, 0.2) is 0 Å². The molecule has 2 atom stereocenters. The fraction of sp³-hybridized carbons (Fsp3) is 0.615. The van der Waals surface area contributed by atoms with E-state index in [1.165, 1.54) is 16.6 Å². The molecule has 20 heavy (non-hydrogen) atoms. The summed E-state index contributed by atoms with van der Waals surface area (Å²) in [4.78, 5) is 4.06. The normalized spacial score (nSPS) is 22.7. The van der Waals surface area contributed by atoms with Crippen LogP contribution in [-0.2, 0) is 10.0 Å². The van der Waals surface area contributed by atoms with Gasteiger partial charge in [-0.15, -0.1) is 0 Å². The number of piperidine rings is 1. The van der Waals surface area contributed by atoms with Gasteiger partial charge < -0.3 is 5.11 Å². The van der Waals surface area contributed by atoms with Gasteiger partial charge in [-0.3, -0.25) is 0 Å². The summed E-state index contributed by atoms with van der Waals surface area (Å²) in [6.45, 7) is 4.26. The van der Waals surface area contributed by atoms with Crippen LogP contribution in [0.1, 0.15) is 25.3 Å². The molecule has 0 aromatic carbocycles. The number of sulfonamides is 1. The quantitative estimate of drug-likeness (QED) is 0.863. The van der Waals surface area contributed by atoms with Crippen molar-refractivity contribution in [3.63, 3.8) is 0 Å². The van der Waals surface area contributed by atoms with E-state index in [0.717, 1.165) is 12.8 Å². The maximum absolute atomic E-state index is 12.6. The Hall–Kier alpha value is -0.690. The van der Waals surface area contributed by atoms with Crippen molar-refractivity contribution in [3.8, 4) is 0 Å². The van der Waals surface area contributed by atoms with E-state index in [1.54, 1.807) is 13.8 Å². The largest absolute Gasteiger partial charge is 0.393 e. The molecule has 1 N–H and O–H groups in total. The molecule has 1 aromatic rings. The summed E-state index contributed by atoms with van der Waals surface area (Å²) in [7, 11) is -3.57. The van der Waals surface area contributed by atoms with Gasteiger partial charge in [-0.1, -0.05) is 11.6 Å². The van der Waals surface area contributed by atoms with Crippen LogP contribution in [0.25, 0.3) is 0 Å². The Kier molecular flexibility index (Phi) is 4.69. The topological polar surface area (TPSA) is 70.5 Å². The Balaban J connectivity index is 2.27. The van der Waals surface area contributed by atoms with Crippen molar-refractivity contribution in [2.45, 2.75) is 37.7 Å². The van der Waals surface area contributed by atoms with Crippen molar-refractivity contribution in [3.05, 3.63) is 23.0 Å². The van der Waals surface area contributed by atoms with Crippen molar-refractivity contribution >= 4 is 21.6 Å². The average Bonchev–Trinajstić information content (AvgIpc) is 2.42. The Morgan fingerprint density at radius 1 is 1.55 bits per heavy atom. The molecule has 0 amide bonds. The molecule has 112 valence electrons. The van der Waals surface area contributed by atoms with E-state index < -0.39 is 16.1 Å². The number of rotatable bonds is 3. The molecule has 1 aliphatic heterocycles. The predicted octanol–water partition coefficient (Wildman–Crippen LogP) is 1.82. The molecule has 1 fully saturated rings. The molecule has 0 aliphatic carbocycles. The van der Waals surface area contributed by atoms with E-state index in [0.29, 0.717) is 23.8 Å². The van der Waals surface area contributed by atoms with Gasteiger partial charge in [-0.25, -0.2) is 13.4 Å². The van der Waals surface area contributed by atoms with Gasteiger partial charge >= 0.3 is 0 Å². The van der Waals surface area contributed by atoms with Crippen molar-refractivity contribution in [2.24, 2.45) is 5.92 Å². The van der Waals surface area contributed by atoms with E-state index in [-0.39, 0.29) is 10.8 Å². The lowest BCUT2D eigenvalue weighted by molar-refractivity contribution is 0.0885. The van der Waals surface area contributed by atoms with Crippen LogP contribution in [0, 0.1) is 12.8 Å². The molecule has 2 unspecified atom stereocenters. The first-order valence-corrected chi connectivity index (χ1v) is 8.44. The Morgan fingerprint density at radius 3 is 2.85 bits per heavy atom. The van der Waals surface area contributed by atoms with Gasteiger partial charge in [0.05, 0.1) is 6.10 Å². The highest BCUT2D eigenvalue weighted by atomic mass is 35.5. The van der Waals surface area contributed by atoms with Crippen LogP contribution in [0.15, 0.2) is 17.2 Å². The van der Waals surface area contributed by atoms with E-state index in [1.807, 2.05) is 0 Å². The highest BCUT2D eigenvalue weighted by Crippen LogP contribution is 2.26. The third kappa shape index (κ3) is 3.14. The first-order chi connectivity index (χ1) is 9.32. The molecule has 1 saturated heterocycles. The summed E-state index contributed by atoms with van der Waals surface area (Å²) < 4.78 is 26.6.